The van der Waals surface area contributed by atoms with E-state index in [9.17, 15) is 0 Å². The highest BCUT2D eigenvalue weighted by molar-refractivity contribution is 5.94. The lowest BCUT2D eigenvalue weighted by molar-refractivity contribution is 0.727. The van der Waals surface area contributed by atoms with Crippen LogP contribution in [0.25, 0.3) is 22.3 Å². The second-order valence-electron chi connectivity index (χ2n) is 11.8. The van der Waals surface area contributed by atoms with Crippen molar-refractivity contribution in [1.29, 1.82) is 0 Å². The average molecular weight is 575 g/mol. The number of anilines is 5. The van der Waals surface area contributed by atoms with E-state index in [1.54, 1.807) is 0 Å². The summed E-state index contributed by atoms with van der Waals surface area (Å²) in [5, 5.41) is 3.80. The molecule has 0 unspecified atom stereocenters. The van der Waals surface area contributed by atoms with Crippen molar-refractivity contribution in [1.82, 2.24) is 0 Å². The zero-order valence-corrected chi connectivity index (χ0v) is 24.7. The van der Waals surface area contributed by atoms with Crippen molar-refractivity contribution >= 4 is 28.4 Å². The second kappa shape index (κ2) is 10.1. The minimum atomic E-state index is -0.518. The normalized spacial score (nSPS) is 13.6. The van der Waals surface area contributed by atoms with Gasteiger partial charge in [0.2, 0.25) is 0 Å². The van der Waals surface area contributed by atoms with Gasteiger partial charge in [-0.1, -0.05) is 133 Å². The van der Waals surface area contributed by atoms with Crippen LogP contribution < -0.4 is 10.2 Å². The molecule has 9 rings (SSSR count). The molecular weight excluding hydrogens is 544 g/mol. The maximum Gasteiger partial charge on any atom is 0.0782 e. The fraction of sp³-hybridized carbons (Fsp3) is 0.0233. The third kappa shape index (κ3) is 3.82. The Labute approximate surface area is 263 Å². The van der Waals surface area contributed by atoms with E-state index in [2.05, 4.69) is 186 Å². The summed E-state index contributed by atoms with van der Waals surface area (Å²) in [6.07, 6.45) is 0. The van der Waals surface area contributed by atoms with Gasteiger partial charge in [-0.2, -0.15) is 0 Å². The van der Waals surface area contributed by atoms with Gasteiger partial charge in [0.05, 0.1) is 16.8 Å². The van der Waals surface area contributed by atoms with Crippen molar-refractivity contribution in [3.63, 3.8) is 0 Å². The minimum absolute atomic E-state index is 0.518. The predicted octanol–water partition coefficient (Wildman–Crippen LogP) is 11.2. The van der Waals surface area contributed by atoms with Crippen LogP contribution in [0, 0.1) is 0 Å². The molecular formula is C43H30N2. The zero-order valence-electron chi connectivity index (χ0n) is 24.7. The summed E-state index contributed by atoms with van der Waals surface area (Å²) in [5.74, 6) is 0. The molecule has 0 saturated heterocycles. The largest absolute Gasteiger partial charge is 0.355 e. The first-order valence-corrected chi connectivity index (χ1v) is 15.5. The van der Waals surface area contributed by atoms with E-state index in [0.717, 1.165) is 17.1 Å². The second-order valence-corrected chi connectivity index (χ2v) is 11.8. The van der Waals surface area contributed by atoms with Crippen LogP contribution in [0.4, 0.5) is 28.4 Å². The molecule has 2 heterocycles. The van der Waals surface area contributed by atoms with E-state index >= 15 is 0 Å². The fourth-order valence-corrected chi connectivity index (χ4v) is 7.52. The molecule has 0 saturated carbocycles. The summed E-state index contributed by atoms with van der Waals surface area (Å²) in [7, 11) is 0. The van der Waals surface area contributed by atoms with Crippen LogP contribution in [0.1, 0.15) is 22.3 Å². The number of nitrogens with one attached hydrogen (secondary N) is 1. The van der Waals surface area contributed by atoms with Gasteiger partial charge in [0.15, 0.2) is 0 Å². The van der Waals surface area contributed by atoms with Crippen molar-refractivity contribution in [2.45, 2.75) is 5.41 Å². The highest BCUT2D eigenvalue weighted by Crippen LogP contribution is 2.62. The lowest BCUT2D eigenvalue weighted by atomic mass is 9.60. The number of para-hydroxylation sites is 3. The van der Waals surface area contributed by atoms with Crippen molar-refractivity contribution in [2.75, 3.05) is 10.2 Å². The van der Waals surface area contributed by atoms with Crippen molar-refractivity contribution in [2.24, 2.45) is 0 Å². The quantitative estimate of drug-likeness (QED) is 0.226. The van der Waals surface area contributed by atoms with Gasteiger partial charge >= 0.3 is 0 Å². The predicted molar refractivity (Wildman–Crippen MR) is 187 cm³/mol. The topological polar surface area (TPSA) is 15.3 Å². The van der Waals surface area contributed by atoms with Gasteiger partial charge in [0, 0.05) is 17.1 Å². The number of rotatable bonds is 3. The third-order valence-electron chi connectivity index (χ3n) is 9.46. The Hall–Kier alpha value is -5.86. The van der Waals surface area contributed by atoms with Crippen LogP contribution in [0.2, 0.25) is 0 Å². The number of hydrogen-bond acceptors (Lipinski definition) is 2. The van der Waals surface area contributed by atoms with Crippen LogP contribution >= 0.6 is 0 Å². The Morgan fingerprint density at radius 3 is 1.47 bits per heavy atom. The Morgan fingerprint density at radius 1 is 0.356 bits per heavy atom. The summed E-state index contributed by atoms with van der Waals surface area (Å²) >= 11 is 0. The number of hydrogen-bond donors (Lipinski definition) is 1. The molecule has 7 aromatic carbocycles. The lowest BCUT2D eigenvalue weighted by Gasteiger charge is -2.49. The summed E-state index contributed by atoms with van der Waals surface area (Å²) in [6.45, 7) is 0. The van der Waals surface area contributed by atoms with Gasteiger partial charge in [-0.25, -0.2) is 0 Å². The standard InChI is InChI=1S/C43H30N2/c1-3-13-30(14-4-1)32-23-26-34(27-24-32)45-41-21-11-8-18-36(41)43(37-19-9-12-22-42(37)45)35-17-7-10-20-39(35)44-40-28-25-33(29-38(40)43)31-15-5-2-6-16-31/h1-29,44H. The highest BCUT2D eigenvalue weighted by atomic mass is 15.2. The molecule has 212 valence electrons. The Balaban J connectivity index is 1.32. The number of fused-ring (bicyclic) bond motifs is 8. The molecule has 2 nitrogen and oxygen atoms in total. The van der Waals surface area contributed by atoms with Gasteiger partial charge in [-0.15, -0.1) is 0 Å². The smallest absolute Gasteiger partial charge is 0.0782 e. The molecule has 2 aliphatic rings. The monoisotopic (exact) mass is 574 g/mol. The van der Waals surface area contributed by atoms with Gasteiger partial charge in [-0.05, 0) is 87.0 Å². The lowest BCUT2D eigenvalue weighted by Crippen LogP contribution is -2.40. The van der Waals surface area contributed by atoms with E-state index in [-0.39, 0.29) is 0 Å². The van der Waals surface area contributed by atoms with E-state index in [4.69, 9.17) is 0 Å². The van der Waals surface area contributed by atoms with E-state index in [0.29, 0.717) is 0 Å². The number of benzene rings is 7. The molecule has 1 spiro atoms. The molecule has 0 atom stereocenters. The van der Waals surface area contributed by atoms with Gasteiger partial charge in [0.25, 0.3) is 0 Å². The molecule has 0 fully saturated rings. The van der Waals surface area contributed by atoms with Crippen LogP contribution in [-0.4, -0.2) is 0 Å². The SMILES string of the molecule is c1ccc(-c2ccc(N3c4ccccc4C4(c5ccccc5Nc5ccc(-c6ccccc6)cc54)c4ccccc43)cc2)cc1. The Kier molecular flexibility index (Phi) is 5.76. The van der Waals surface area contributed by atoms with Gasteiger partial charge in [-0.3, -0.25) is 0 Å². The molecule has 45 heavy (non-hydrogen) atoms. The van der Waals surface area contributed by atoms with E-state index in [1.165, 1.54) is 55.9 Å². The molecule has 0 aromatic heterocycles. The highest BCUT2D eigenvalue weighted by Gasteiger charge is 2.50. The van der Waals surface area contributed by atoms with Crippen molar-refractivity contribution in [3.05, 3.63) is 198 Å². The summed E-state index contributed by atoms with van der Waals surface area (Å²) < 4.78 is 0. The van der Waals surface area contributed by atoms with Crippen molar-refractivity contribution < 1.29 is 0 Å². The molecule has 0 radical (unpaired) electrons. The Morgan fingerprint density at radius 2 is 0.822 bits per heavy atom. The molecule has 0 bridgehead atoms. The zero-order chi connectivity index (χ0) is 29.8. The molecule has 0 aliphatic carbocycles. The van der Waals surface area contributed by atoms with E-state index in [1.807, 2.05) is 0 Å². The molecule has 2 aliphatic heterocycles. The maximum atomic E-state index is 3.80. The van der Waals surface area contributed by atoms with Gasteiger partial charge < -0.3 is 10.2 Å². The molecule has 2 heteroatoms. The van der Waals surface area contributed by atoms with Crippen LogP contribution in [0.3, 0.4) is 0 Å². The van der Waals surface area contributed by atoms with Crippen LogP contribution in [0.15, 0.2) is 176 Å². The number of nitrogens with zero attached hydrogens (tertiary/aromatic N) is 1. The van der Waals surface area contributed by atoms with Crippen LogP contribution in [0.5, 0.6) is 0 Å². The summed E-state index contributed by atoms with van der Waals surface area (Å²) in [4.78, 5) is 2.44. The van der Waals surface area contributed by atoms with Gasteiger partial charge in [0.1, 0.15) is 0 Å². The Bertz CT molecular complexity index is 2140. The molecule has 1 N–H and O–H groups in total. The molecule has 0 amide bonds. The fourth-order valence-electron chi connectivity index (χ4n) is 7.52. The molecule has 7 aromatic rings. The van der Waals surface area contributed by atoms with Crippen molar-refractivity contribution in [3.8, 4) is 22.3 Å². The summed E-state index contributed by atoms with van der Waals surface area (Å²) in [5.41, 5.74) is 15.2. The third-order valence-corrected chi connectivity index (χ3v) is 9.46. The first kappa shape index (κ1) is 25.6. The average Bonchev–Trinajstić information content (AvgIpc) is 3.12. The van der Waals surface area contributed by atoms with Crippen LogP contribution in [-0.2, 0) is 5.41 Å². The first-order chi connectivity index (χ1) is 22.3. The maximum absolute atomic E-state index is 3.80. The summed E-state index contributed by atoms with van der Waals surface area (Å²) in [6, 6.07) is 63.9. The minimum Gasteiger partial charge on any atom is -0.355 e. The van der Waals surface area contributed by atoms with E-state index < -0.39 is 5.41 Å². The first-order valence-electron chi connectivity index (χ1n) is 15.5.